The van der Waals surface area contributed by atoms with E-state index >= 15 is 0 Å². The van der Waals surface area contributed by atoms with Crippen LogP contribution >= 0.6 is 0 Å². The van der Waals surface area contributed by atoms with E-state index in [0.717, 1.165) is 12.3 Å². The molecule has 2 unspecified atom stereocenters. The van der Waals surface area contributed by atoms with Crippen LogP contribution in [0.1, 0.15) is 37.3 Å². The van der Waals surface area contributed by atoms with Crippen LogP contribution in [0.3, 0.4) is 0 Å². The van der Waals surface area contributed by atoms with Gasteiger partial charge in [0.25, 0.3) is 0 Å². The molecule has 0 amide bonds. The third kappa shape index (κ3) is 1.53. The lowest BCUT2D eigenvalue weighted by molar-refractivity contribution is 0.449. The molecule has 0 aliphatic heterocycles. The van der Waals surface area contributed by atoms with Crippen molar-refractivity contribution in [2.45, 2.75) is 32.6 Å². The van der Waals surface area contributed by atoms with Gasteiger partial charge in [0.1, 0.15) is 5.82 Å². The van der Waals surface area contributed by atoms with Gasteiger partial charge in [-0.15, -0.1) is 0 Å². The number of aromatic nitrogens is 1. The lowest BCUT2D eigenvalue weighted by Gasteiger charge is -2.26. The largest absolute Gasteiger partial charge is 0.384 e. The quantitative estimate of drug-likeness (QED) is 0.659. The standard InChI is InChI=1S/C11H16N2/c1-7-3-8(2)10-5-11(12)13-6-9(10)4-7/h5-8H,3-4H2,1-2H3,(H2,12,13). The van der Waals surface area contributed by atoms with Gasteiger partial charge in [-0.25, -0.2) is 4.98 Å². The first kappa shape index (κ1) is 8.54. The molecule has 2 heteroatoms. The van der Waals surface area contributed by atoms with E-state index in [0.29, 0.717) is 11.7 Å². The maximum atomic E-state index is 5.67. The van der Waals surface area contributed by atoms with Crippen molar-refractivity contribution in [1.29, 1.82) is 0 Å². The first-order valence-corrected chi connectivity index (χ1v) is 4.91. The zero-order valence-electron chi connectivity index (χ0n) is 8.25. The Kier molecular flexibility index (Phi) is 1.98. The van der Waals surface area contributed by atoms with E-state index in [4.69, 9.17) is 5.73 Å². The number of nitrogens with two attached hydrogens (primary N) is 1. The Morgan fingerprint density at radius 3 is 3.00 bits per heavy atom. The van der Waals surface area contributed by atoms with Gasteiger partial charge in [-0.3, -0.25) is 0 Å². The summed E-state index contributed by atoms with van der Waals surface area (Å²) in [7, 11) is 0. The van der Waals surface area contributed by atoms with E-state index in [1.807, 2.05) is 12.3 Å². The zero-order chi connectivity index (χ0) is 9.42. The number of hydrogen-bond acceptors (Lipinski definition) is 2. The molecule has 2 rings (SSSR count). The second-order valence-corrected chi connectivity index (χ2v) is 4.25. The SMILES string of the molecule is CC1Cc2cnc(N)cc2C(C)C1. The Morgan fingerprint density at radius 2 is 2.23 bits per heavy atom. The molecule has 0 saturated heterocycles. The van der Waals surface area contributed by atoms with Gasteiger partial charge < -0.3 is 5.73 Å². The van der Waals surface area contributed by atoms with Gasteiger partial charge in [0.15, 0.2) is 0 Å². The monoisotopic (exact) mass is 176 g/mol. The summed E-state index contributed by atoms with van der Waals surface area (Å²) in [6.45, 7) is 4.57. The number of hydrogen-bond donors (Lipinski definition) is 1. The molecule has 0 bridgehead atoms. The number of nitrogens with zero attached hydrogens (tertiary/aromatic N) is 1. The van der Waals surface area contributed by atoms with Crippen molar-refractivity contribution in [3.8, 4) is 0 Å². The normalized spacial score (nSPS) is 26.9. The third-order valence-corrected chi connectivity index (χ3v) is 2.90. The summed E-state index contributed by atoms with van der Waals surface area (Å²) in [4.78, 5) is 4.14. The molecule has 2 atom stereocenters. The summed E-state index contributed by atoms with van der Waals surface area (Å²) in [5, 5.41) is 0. The minimum Gasteiger partial charge on any atom is -0.384 e. The fourth-order valence-corrected chi connectivity index (χ4v) is 2.33. The van der Waals surface area contributed by atoms with Crippen LogP contribution in [0.25, 0.3) is 0 Å². The molecule has 1 aromatic heterocycles. The Balaban J connectivity index is 2.43. The van der Waals surface area contributed by atoms with E-state index < -0.39 is 0 Å². The Bertz CT molecular complexity index is 320. The molecular formula is C11H16N2. The highest BCUT2D eigenvalue weighted by molar-refractivity contribution is 5.40. The highest BCUT2D eigenvalue weighted by Gasteiger charge is 2.21. The molecule has 0 spiro atoms. The highest BCUT2D eigenvalue weighted by Crippen LogP contribution is 2.34. The Labute approximate surface area is 79.2 Å². The molecule has 0 radical (unpaired) electrons. The lowest BCUT2D eigenvalue weighted by atomic mass is 9.79. The van der Waals surface area contributed by atoms with Gasteiger partial charge in [-0.05, 0) is 41.9 Å². The predicted octanol–water partition coefficient (Wildman–Crippen LogP) is 2.35. The van der Waals surface area contributed by atoms with Crippen LogP contribution in [0, 0.1) is 5.92 Å². The van der Waals surface area contributed by atoms with Crippen LogP contribution in [-0.4, -0.2) is 4.98 Å². The van der Waals surface area contributed by atoms with E-state index in [1.54, 1.807) is 0 Å². The number of anilines is 1. The molecule has 0 fully saturated rings. The maximum Gasteiger partial charge on any atom is 0.123 e. The van der Waals surface area contributed by atoms with Crippen LogP contribution < -0.4 is 5.73 Å². The van der Waals surface area contributed by atoms with Crippen molar-refractivity contribution < 1.29 is 0 Å². The number of fused-ring (bicyclic) bond motifs is 1. The van der Waals surface area contributed by atoms with Crippen molar-refractivity contribution >= 4 is 5.82 Å². The van der Waals surface area contributed by atoms with Crippen molar-refractivity contribution in [3.63, 3.8) is 0 Å². The lowest BCUT2D eigenvalue weighted by Crippen LogP contribution is -2.15. The van der Waals surface area contributed by atoms with Crippen molar-refractivity contribution in [2.75, 3.05) is 5.73 Å². The molecule has 2 N–H and O–H groups in total. The van der Waals surface area contributed by atoms with Gasteiger partial charge in [0.2, 0.25) is 0 Å². The molecule has 2 nitrogen and oxygen atoms in total. The molecule has 1 aliphatic rings. The fourth-order valence-electron chi connectivity index (χ4n) is 2.33. The summed E-state index contributed by atoms with van der Waals surface area (Å²) < 4.78 is 0. The van der Waals surface area contributed by atoms with E-state index in [9.17, 15) is 0 Å². The third-order valence-electron chi connectivity index (χ3n) is 2.90. The smallest absolute Gasteiger partial charge is 0.123 e. The van der Waals surface area contributed by atoms with Crippen LogP contribution in [0.15, 0.2) is 12.3 Å². The van der Waals surface area contributed by atoms with Gasteiger partial charge >= 0.3 is 0 Å². The topological polar surface area (TPSA) is 38.9 Å². The van der Waals surface area contributed by atoms with Crippen molar-refractivity contribution in [1.82, 2.24) is 4.98 Å². The maximum absolute atomic E-state index is 5.67. The second kappa shape index (κ2) is 3.02. The fraction of sp³-hybridized carbons (Fsp3) is 0.545. The predicted molar refractivity (Wildman–Crippen MR) is 54.5 cm³/mol. The van der Waals surface area contributed by atoms with Gasteiger partial charge in [0.05, 0.1) is 0 Å². The summed E-state index contributed by atoms with van der Waals surface area (Å²) in [6, 6.07) is 2.03. The van der Waals surface area contributed by atoms with Crippen LogP contribution in [0.2, 0.25) is 0 Å². The van der Waals surface area contributed by atoms with E-state index in [-0.39, 0.29) is 0 Å². The first-order valence-electron chi connectivity index (χ1n) is 4.91. The van der Waals surface area contributed by atoms with Crippen LogP contribution in [0.5, 0.6) is 0 Å². The molecule has 0 aromatic carbocycles. The summed E-state index contributed by atoms with van der Waals surface area (Å²) >= 11 is 0. The summed E-state index contributed by atoms with van der Waals surface area (Å²) in [5.41, 5.74) is 8.46. The average molecular weight is 176 g/mol. The molecular weight excluding hydrogens is 160 g/mol. The molecule has 1 aromatic rings. The van der Waals surface area contributed by atoms with Crippen LogP contribution in [-0.2, 0) is 6.42 Å². The molecule has 0 saturated carbocycles. The minimum atomic E-state index is 0.643. The second-order valence-electron chi connectivity index (χ2n) is 4.25. The Morgan fingerprint density at radius 1 is 1.46 bits per heavy atom. The number of pyridine rings is 1. The number of nitrogen functional groups attached to an aromatic ring is 1. The summed E-state index contributed by atoms with van der Waals surface area (Å²) in [5.74, 6) is 2.08. The number of rotatable bonds is 0. The average Bonchev–Trinajstić information content (AvgIpc) is 2.06. The van der Waals surface area contributed by atoms with E-state index in [1.165, 1.54) is 17.5 Å². The molecule has 70 valence electrons. The van der Waals surface area contributed by atoms with Gasteiger partial charge in [-0.2, -0.15) is 0 Å². The van der Waals surface area contributed by atoms with Crippen molar-refractivity contribution in [2.24, 2.45) is 5.92 Å². The Hall–Kier alpha value is -1.05. The minimum absolute atomic E-state index is 0.643. The van der Waals surface area contributed by atoms with Gasteiger partial charge in [-0.1, -0.05) is 13.8 Å². The summed E-state index contributed by atoms with van der Waals surface area (Å²) in [6.07, 6.45) is 4.38. The van der Waals surface area contributed by atoms with E-state index in [2.05, 4.69) is 18.8 Å². The van der Waals surface area contributed by atoms with Crippen molar-refractivity contribution in [3.05, 3.63) is 23.4 Å². The van der Waals surface area contributed by atoms with Crippen LogP contribution in [0.4, 0.5) is 5.82 Å². The molecule has 1 heterocycles. The zero-order valence-corrected chi connectivity index (χ0v) is 8.25. The molecule has 13 heavy (non-hydrogen) atoms. The first-order chi connectivity index (χ1) is 6.16. The molecule has 1 aliphatic carbocycles. The van der Waals surface area contributed by atoms with Gasteiger partial charge in [0, 0.05) is 6.20 Å². The highest BCUT2D eigenvalue weighted by atomic mass is 14.8.